The van der Waals surface area contributed by atoms with E-state index in [1.165, 1.54) is 23.9 Å². The Balaban J connectivity index is 1.68. The van der Waals surface area contributed by atoms with Crippen LogP contribution in [0.1, 0.15) is 12.6 Å². The first-order valence-electron chi connectivity index (χ1n) is 8.78. The number of nitro groups is 1. The number of hydrogen-bond acceptors (Lipinski definition) is 8. The fraction of sp³-hybridized carbons (Fsp3) is 0.105. The van der Waals surface area contributed by atoms with Crippen molar-refractivity contribution in [3.8, 4) is 17.1 Å². The smallest absolute Gasteiger partial charge is 0.258 e. The molecule has 0 fully saturated rings. The van der Waals surface area contributed by atoms with E-state index in [0.29, 0.717) is 21.6 Å². The normalized spacial score (nSPS) is 10.8. The third kappa shape index (κ3) is 4.11. The van der Waals surface area contributed by atoms with Crippen molar-refractivity contribution < 1.29 is 4.92 Å². The van der Waals surface area contributed by atoms with E-state index in [4.69, 9.17) is 0 Å². The lowest BCUT2D eigenvalue weighted by Gasteiger charge is -2.07. The molecule has 0 aliphatic rings. The molecule has 0 saturated heterocycles. The Morgan fingerprint density at radius 1 is 1.07 bits per heavy atom. The van der Waals surface area contributed by atoms with Crippen LogP contribution in [0.15, 0.2) is 70.8 Å². The lowest BCUT2D eigenvalue weighted by Crippen LogP contribution is -2.00. The van der Waals surface area contributed by atoms with Gasteiger partial charge in [-0.25, -0.2) is 9.97 Å². The molecule has 9 nitrogen and oxygen atoms in total. The maximum Gasteiger partial charge on any atom is 0.269 e. The third-order valence-electron chi connectivity index (χ3n) is 4.09. The van der Waals surface area contributed by atoms with Gasteiger partial charge in [0.2, 0.25) is 5.16 Å². The number of aryl methyl sites for hydroxylation is 1. The number of hydrogen-bond donors (Lipinski definition) is 0. The molecule has 0 bridgehead atoms. The van der Waals surface area contributed by atoms with Crippen molar-refractivity contribution in [1.29, 1.82) is 0 Å². The zero-order valence-electron chi connectivity index (χ0n) is 15.3. The van der Waals surface area contributed by atoms with Crippen LogP contribution in [0.25, 0.3) is 17.1 Å². The number of nitro benzene ring substituents is 1. The van der Waals surface area contributed by atoms with E-state index in [0.717, 1.165) is 17.8 Å². The highest BCUT2D eigenvalue weighted by Gasteiger charge is 2.14. The molecule has 0 N–H and O–H groups in total. The minimum Gasteiger partial charge on any atom is -0.258 e. The molecule has 144 valence electrons. The predicted octanol–water partition coefficient (Wildman–Crippen LogP) is 3.74. The summed E-state index contributed by atoms with van der Waals surface area (Å²) in [5.41, 5.74) is 2.43. The highest BCUT2D eigenvalue weighted by molar-refractivity contribution is 7.99. The fourth-order valence-electron chi connectivity index (χ4n) is 2.63. The van der Waals surface area contributed by atoms with Gasteiger partial charge in [0.05, 0.1) is 10.6 Å². The van der Waals surface area contributed by atoms with E-state index in [-0.39, 0.29) is 5.69 Å². The van der Waals surface area contributed by atoms with Crippen LogP contribution in [0.4, 0.5) is 5.69 Å². The minimum atomic E-state index is -0.433. The van der Waals surface area contributed by atoms with Gasteiger partial charge in [-0.05, 0) is 58.9 Å². The van der Waals surface area contributed by atoms with Gasteiger partial charge in [0.25, 0.3) is 5.69 Å². The highest BCUT2D eigenvalue weighted by atomic mass is 32.2. The molecule has 29 heavy (non-hydrogen) atoms. The Labute approximate surface area is 170 Å². The van der Waals surface area contributed by atoms with Gasteiger partial charge >= 0.3 is 0 Å². The Bertz CT molecular complexity index is 1150. The predicted molar refractivity (Wildman–Crippen MR) is 107 cm³/mol. The van der Waals surface area contributed by atoms with Crippen molar-refractivity contribution in [1.82, 2.24) is 30.2 Å². The van der Waals surface area contributed by atoms with Crippen LogP contribution < -0.4 is 0 Å². The van der Waals surface area contributed by atoms with Crippen LogP contribution in [0.2, 0.25) is 0 Å². The SMILES string of the molecule is CCc1cc(Sc2nnnn2-c2ccccc2)nc(-c2ccc([N+](=O)[O-])cc2)n1. The van der Waals surface area contributed by atoms with Crippen LogP contribution in [0, 0.1) is 10.1 Å². The van der Waals surface area contributed by atoms with Gasteiger partial charge in [-0.15, -0.1) is 5.10 Å². The molecule has 0 atom stereocenters. The van der Waals surface area contributed by atoms with Crippen LogP contribution in [0.5, 0.6) is 0 Å². The quantitative estimate of drug-likeness (QED) is 0.271. The van der Waals surface area contributed by atoms with Crippen molar-refractivity contribution in [2.75, 3.05) is 0 Å². The Kier molecular flexibility index (Phi) is 5.25. The number of non-ortho nitro benzene ring substituents is 1. The molecule has 4 rings (SSSR count). The number of nitrogens with zero attached hydrogens (tertiary/aromatic N) is 7. The zero-order chi connectivity index (χ0) is 20.2. The Morgan fingerprint density at radius 2 is 1.83 bits per heavy atom. The van der Waals surface area contributed by atoms with Gasteiger partial charge < -0.3 is 0 Å². The molecule has 0 aliphatic carbocycles. The molecular formula is C19H15N7O2S. The van der Waals surface area contributed by atoms with Gasteiger partial charge in [-0.2, -0.15) is 4.68 Å². The molecule has 0 unspecified atom stereocenters. The van der Waals surface area contributed by atoms with Gasteiger partial charge in [0.1, 0.15) is 5.03 Å². The topological polar surface area (TPSA) is 113 Å². The lowest BCUT2D eigenvalue weighted by molar-refractivity contribution is -0.384. The molecule has 0 spiro atoms. The lowest BCUT2D eigenvalue weighted by atomic mass is 10.2. The zero-order valence-corrected chi connectivity index (χ0v) is 16.2. The largest absolute Gasteiger partial charge is 0.269 e. The molecule has 0 saturated carbocycles. The van der Waals surface area contributed by atoms with Gasteiger partial charge in [-0.1, -0.05) is 25.1 Å². The second-order valence-electron chi connectivity index (χ2n) is 5.99. The van der Waals surface area contributed by atoms with Gasteiger partial charge in [0, 0.05) is 23.4 Å². The molecule has 2 aromatic carbocycles. The average molecular weight is 405 g/mol. The van der Waals surface area contributed by atoms with Gasteiger partial charge in [-0.3, -0.25) is 10.1 Å². The number of para-hydroxylation sites is 1. The molecule has 10 heteroatoms. The molecular weight excluding hydrogens is 390 g/mol. The maximum atomic E-state index is 10.9. The summed E-state index contributed by atoms with van der Waals surface area (Å²) in [4.78, 5) is 19.6. The van der Waals surface area contributed by atoms with Crippen LogP contribution >= 0.6 is 11.8 Å². The number of tetrazole rings is 1. The summed E-state index contributed by atoms with van der Waals surface area (Å²) in [7, 11) is 0. The monoisotopic (exact) mass is 405 g/mol. The fourth-order valence-corrected chi connectivity index (χ4v) is 3.45. The molecule has 4 aromatic rings. The average Bonchev–Trinajstić information content (AvgIpc) is 3.22. The van der Waals surface area contributed by atoms with E-state index >= 15 is 0 Å². The molecule has 0 aliphatic heterocycles. The summed E-state index contributed by atoms with van der Waals surface area (Å²) in [6.07, 6.45) is 0.722. The molecule has 0 amide bonds. The number of benzene rings is 2. The first kappa shape index (κ1) is 18.7. The van der Waals surface area contributed by atoms with Crippen molar-refractivity contribution in [2.45, 2.75) is 23.5 Å². The summed E-state index contributed by atoms with van der Waals surface area (Å²) in [5, 5.41) is 24.1. The van der Waals surface area contributed by atoms with Crippen molar-refractivity contribution in [3.63, 3.8) is 0 Å². The minimum absolute atomic E-state index is 0.0250. The van der Waals surface area contributed by atoms with E-state index in [1.807, 2.05) is 43.3 Å². The van der Waals surface area contributed by atoms with E-state index < -0.39 is 4.92 Å². The first-order valence-corrected chi connectivity index (χ1v) is 9.60. The summed E-state index contributed by atoms with van der Waals surface area (Å²) in [5.74, 6) is 0.500. The molecule has 0 radical (unpaired) electrons. The van der Waals surface area contributed by atoms with Gasteiger partial charge in [0.15, 0.2) is 5.82 Å². The third-order valence-corrected chi connectivity index (χ3v) is 4.95. The van der Waals surface area contributed by atoms with E-state index in [2.05, 4.69) is 25.5 Å². The van der Waals surface area contributed by atoms with Crippen LogP contribution in [-0.2, 0) is 6.42 Å². The Morgan fingerprint density at radius 3 is 2.52 bits per heavy atom. The molecule has 2 heterocycles. The van der Waals surface area contributed by atoms with Crippen LogP contribution in [0.3, 0.4) is 0 Å². The first-order chi connectivity index (χ1) is 14.1. The van der Waals surface area contributed by atoms with E-state index in [9.17, 15) is 10.1 Å². The molecule has 2 aromatic heterocycles. The summed E-state index contributed by atoms with van der Waals surface area (Å²) >= 11 is 1.33. The number of aromatic nitrogens is 6. The summed E-state index contributed by atoms with van der Waals surface area (Å²) in [6, 6.07) is 17.7. The second-order valence-corrected chi connectivity index (χ2v) is 6.98. The highest BCUT2D eigenvalue weighted by Crippen LogP contribution is 2.28. The van der Waals surface area contributed by atoms with Crippen LogP contribution in [-0.4, -0.2) is 35.1 Å². The summed E-state index contributed by atoms with van der Waals surface area (Å²) in [6.45, 7) is 2.00. The van der Waals surface area contributed by atoms with Crippen molar-refractivity contribution >= 4 is 17.4 Å². The Hall–Kier alpha value is -3.66. The van der Waals surface area contributed by atoms with Crippen molar-refractivity contribution in [3.05, 3.63) is 76.5 Å². The van der Waals surface area contributed by atoms with E-state index in [1.54, 1.807) is 16.8 Å². The summed E-state index contributed by atoms with van der Waals surface area (Å²) < 4.78 is 1.64. The second kappa shape index (κ2) is 8.15. The standard InChI is InChI=1S/C19H15N7O2S/c1-2-14-12-17(21-18(20-14)13-8-10-16(11-9-13)26(27)28)29-19-22-23-24-25(19)15-6-4-3-5-7-15/h3-12H,2H2,1H3. The van der Waals surface area contributed by atoms with Crippen molar-refractivity contribution in [2.24, 2.45) is 0 Å². The maximum absolute atomic E-state index is 10.9. The number of rotatable bonds is 6.